The average Bonchev–Trinajstić information content (AvgIpc) is 3.16. The minimum atomic E-state index is -5.08. The number of carbonyl (C=O) groups is 3. The van der Waals surface area contributed by atoms with Crippen LogP contribution in [0.5, 0.6) is 0 Å². The normalized spacial score (nSPS) is 17.8. The van der Waals surface area contributed by atoms with Crippen LogP contribution in [0.2, 0.25) is 5.02 Å². The Hall–Kier alpha value is -3.38. The highest BCUT2D eigenvalue weighted by molar-refractivity contribution is 6.30. The van der Waals surface area contributed by atoms with Crippen molar-refractivity contribution in [2.75, 3.05) is 31.2 Å². The molecule has 1 atom stereocenters. The molecule has 0 aliphatic carbocycles. The Bertz CT molecular complexity index is 1150. The Morgan fingerprint density at radius 3 is 2.32 bits per heavy atom. The SMILES string of the molecule is C[C@H](CN1CCC2(CC1)C(=O)NCN2c1cccc(F)c1)NC(=O)c1ccc(Cl)cc1.O=C(O)C(F)(F)F. The third kappa shape index (κ3) is 7.13. The van der Waals surface area contributed by atoms with E-state index in [9.17, 15) is 27.2 Å². The number of alkyl halides is 3. The number of likely N-dealkylation sites (tertiary alicyclic amines) is 1. The largest absolute Gasteiger partial charge is 0.490 e. The number of carboxylic acids is 1. The van der Waals surface area contributed by atoms with Crippen molar-refractivity contribution < 1.29 is 37.1 Å². The molecule has 2 aliphatic heterocycles. The molecule has 1 spiro atoms. The number of benzene rings is 2. The summed E-state index contributed by atoms with van der Waals surface area (Å²) in [6.07, 6.45) is -3.79. The summed E-state index contributed by atoms with van der Waals surface area (Å²) in [5, 5.41) is 13.7. The fraction of sp³-hybridized carbons (Fsp3) is 0.400. The number of nitrogens with one attached hydrogen (secondary N) is 2. The fourth-order valence-corrected chi connectivity index (χ4v) is 4.64. The van der Waals surface area contributed by atoms with Crippen molar-refractivity contribution in [3.8, 4) is 0 Å². The second-order valence-corrected chi connectivity index (χ2v) is 9.52. The number of anilines is 1. The van der Waals surface area contributed by atoms with Crippen molar-refractivity contribution in [1.82, 2.24) is 15.5 Å². The van der Waals surface area contributed by atoms with E-state index in [-0.39, 0.29) is 23.7 Å². The second kappa shape index (κ2) is 12.0. The standard InChI is InChI=1S/C23H26ClFN4O2.C2HF3O2/c1-16(27-21(30)17-5-7-18(24)8-6-17)14-28-11-9-23(10-12-28)22(31)26-15-29(23)20-4-2-3-19(25)13-20;3-2(4,5)1(6)7/h2-8,13,16H,9-12,14-15H2,1H3,(H,26,31)(H,27,30);(H,6,7)/t16-;/m1./s1. The van der Waals surface area contributed by atoms with E-state index in [2.05, 4.69) is 15.5 Å². The van der Waals surface area contributed by atoms with Gasteiger partial charge in [0.2, 0.25) is 5.91 Å². The van der Waals surface area contributed by atoms with Crippen LogP contribution < -0.4 is 15.5 Å². The van der Waals surface area contributed by atoms with E-state index >= 15 is 0 Å². The zero-order chi connectivity index (χ0) is 28.1. The zero-order valence-electron chi connectivity index (χ0n) is 20.4. The number of carboxylic acid groups (broad SMARTS) is 1. The van der Waals surface area contributed by atoms with Gasteiger partial charge in [-0.15, -0.1) is 0 Å². The molecule has 8 nitrogen and oxygen atoms in total. The van der Waals surface area contributed by atoms with Crippen molar-refractivity contribution in [2.24, 2.45) is 0 Å². The molecule has 2 saturated heterocycles. The Labute approximate surface area is 221 Å². The average molecular weight is 559 g/mol. The number of amides is 2. The van der Waals surface area contributed by atoms with Gasteiger partial charge < -0.3 is 25.5 Å². The van der Waals surface area contributed by atoms with Gasteiger partial charge >= 0.3 is 12.1 Å². The smallest absolute Gasteiger partial charge is 0.475 e. The van der Waals surface area contributed by atoms with Crippen LogP contribution in [0.15, 0.2) is 48.5 Å². The molecule has 2 heterocycles. The van der Waals surface area contributed by atoms with E-state index in [1.807, 2.05) is 17.9 Å². The first-order valence-corrected chi connectivity index (χ1v) is 12.1. The van der Waals surface area contributed by atoms with E-state index in [4.69, 9.17) is 21.5 Å². The molecule has 2 aromatic carbocycles. The van der Waals surface area contributed by atoms with Crippen LogP contribution in [-0.4, -0.2) is 71.9 Å². The van der Waals surface area contributed by atoms with Crippen LogP contribution >= 0.6 is 11.6 Å². The summed E-state index contributed by atoms with van der Waals surface area (Å²) in [4.78, 5) is 38.3. The monoisotopic (exact) mass is 558 g/mol. The van der Waals surface area contributed by atoms with Gasteiger partial charge in [-0.1, -0.05) is 17.7 Å². The highest BCUT2D eigenvalue weighted by Crippen LogP contribution is 2.36. The van der Waals surface area contributed by atoms with Gasteiger partial charge in [-0.2, -0.15) is 13.2 Å². The molecule has 0 saturated carbocycles. The van der Waals surface area contributed by atoms with E-state index in [1.165, 1.54) is 12.1 Å². The van der Waals surface area contributed by atoms with Crippen LogP contribution in [0, 0.1) is 5.82 Å². The molecule has 0 unspecified atom stereocenters. The molecule has 0 aromatic heterocycles. The van der Waals surface area contributed by atoms with Crippen molar-refractivity contribution >= 4 is 35.1 Å². The minimum absolute atomic E-state index is 0.000464. The molecule has 3 N–H and O–H groups in total. The molecule has 0 bridgehead atoms. The number of aliphatic carboxylic acids is 1. The van der Waals surface area contributed by atoms with E-state index in [0.29, 0.717) is 36.6 Å². The topological polar surface area (TPSA) is 102 Å². The number of nitrogens with zero attached hydrogens (tertiary/aromatic N) is 2. The Balaban J connectivity index is 0.000000505. The summed E-state index contributed by atoms with van der Waals surface area (Å²) in [5.41, 5.74) is 0.637. The van der Waals surface area contributed by atoms with Gasteiger partial charge in [0.15, 0.2) is 0 Å². The predicted molar refractivity (Wildman–Crippen MR) is 132 cm³/mol. The van der Waals surface area contributed by atoms with Crippen LogP contribution in [0.25, 0.3) is 0 Å². The lowest BCUT2D eigenvalue weighted by atomic mass is 9.85. The summed E-state index contributed by atoms with van der Waals surface area (Å²) in [7, 11) is 0. The first-order chi connectivity index (χ1) is 17.8. The second-order valence-electron chi connectivity index (χ2n) is 9.09. The van der Waals surface area contributed by atoms with Gasteiger partial charge in [0.1, 0.15) is 11.4 Å². The number of hydrogen-bond donors (Lipinski definition) is 3. The van der Waals surface area contributed by atoms with Gasteiger partial charge in [0.25, 0.3) is 5.91 Å². The molecule has 0 radical (unpaired) electrons. The van der Waals surface area contributed by atoms with E-state index in [0.717, 1.165) is 18.8 Å². The van der Waals surface area contributed by atoms with Gasteiger partial charge in [-0.25, -0.2) is 9.18 Å². The molecular formula is C25H27ClF4N4O4. The Kier molecular flexibility index (Phi) is 9.21. The maximum Gasteiger partial charge on any atom is 0.490 e. The van der Waals surface area contributed by atoms with Gasteiger partial charge in [0.05, 0.1) is 6.67 Å². The lowest BCUT2D eigenvalue weighted by Gasteiger charge is -2.43. The zero-order valence-corrected chi connectivity index (χ0v) is 21.2. The maximum absolute atomic E-state index is 13.7. The Morgan fingerprint density at radius 1 is 1.16 bits per heavy atom. The molecule has 2 aliphatic rings. The first kappa shape index (κ1) is 29.2. The molecule has 4 rings (SSSR count). The summed E-state index contributed by atoms with van der Waals surface area (Å²) < 4.78 is 45.5. The summed E-state index contributed by atoms with van der Waals surface area (Å²) in [6.45, 7) is 4.49. The molecule has 38 heavy (non-hydrogen) atoms. The lowest BCUT2D eigenvalue weighted by Crippen LogP contribution is -2.57. The van der Waals surface area contributed by atoms with Crippen LogP contribution in [0.4, 0.5) is 23.2 Å². The summed E-state index contributed by atoms with van der Waals surface area (Å²) in [5.74, 6) is -3.20. The van der Waals surface area contributed by atoms with Crippen molar-refractivity contribution in [2.45, 2.75) is 37.5 Å². The van der Waals surface area contributed by atoms with E-state index in [1.54, 1.807) is 30.3 Å². The third-order valence-electron chi connectivity index (χ3n) is 6.40. The maximum atomic E-state index is 13.7. The van der Waals surface area contributed by atoms with Crippen LogP contribution in [0.3, 0.4) is 0 Å². The van der Waals surface area contributed by atoms with Crippen molar-refractivity contribution in [3.63, 3.8) is 0 Å². The fourth-order valence-electron chi connectivity index (χ4n) is 4.52. The number of rotatable bonds is 5. The first-order valence-electron chi connectivity index (χ1n) is 11.7. The number of piperidine rings is 1. The van der Waals surface area contributed by atoms with Crippen LogP contribution in [-0.2, 0) is 9.59 Å². The number of carbonyl (C=O) groups excluding carboxylic acids is 2. The molecular weight excluding hydrogens is 532 g/mol. The van der Waals surface area contributed by atoms with Gasteiger partial charge in [-0.05, 0) is 62.2 Å². The molecule has 206 valence electrons. The highest BCUT2D eigenvalue weighted by Gasteiger charge is 2.50. The summed E-state index contributed by atoms with van der Waals surface area (Å²) in [6, 6.07) is 13.1. The van der Waals surface area contributed by atoms with E-state index < -0.39 is 17.7 Å². The molecule has 2 fully saturated rings. The van der Waals surface area contributed by atoms with Crippen molar-refractivity contribution in [1.29, 1.82) is 0 Å². The number of halogens is 5. The van der Waals surface area contributed by atoms with Crippen molar-refractivity contribution in [3.05, 3.63) is 64.9 Å². The highest BCUT2D eigenvalue weighted by atomic mass is 35.5. The summed E-state index contributed by atoms with van der Waals surface area (Å²) >= 11 is 5.88. The Morgan fingerprint density at radius 2 is 1.76 bits per heavy atom. The number of hydrogen-bond acceptors (Lipinski definition) is 5. The van der Waals surface area contributed by atoms with Crippen LogP contribution in [0.1, 0.15) is 30.1 Å². The van der Waals surface area contributed by atoms with Gasteiger partial charge in [0, 0.05) is 41.9 Å². The minimum Gasteiger partial charge on any atom is -0.475 e. The quantitative estimate of drug-likeness (QED) is 0.484. The lowest BCUT2D eigenvalue weighted by molar-refractivity contribution is -0.192. The third-order valence-corrected chi connectivity index (χ3v) is 6.65. The molecule has 13 heteroatoms. The molecule has 2 aromatic rings. The molecule has 2 amide bonds. The predicted octanol–water partition coefficient (Wildman–Crippen LogP) is 3.66. The van der Waals surface area contributed by atoms with Gasteiger partial charge in [-0.3, -0.25) is 9.59 Å².